The Hall–Kier alpha value is -0.610. The van der Waals surface area contributed by atoms with E-state index in [-0.39, 0.29) is 5.54 Å². The largest absolute Gasteiger partial charge is 0.335 e. The van der Waals surface area contributed by atoms with Crippen LogP contribution in [0, 0.1) is 0 Å². The summed E-state index contributed by atoms with van der Waals surface area (Å²) in [5.74, 6) is 1.05. The standard InChI is InChI=1S/C12H16N2S2/c1-12(2)8-16-11(14-12)13-9-5-4-6-10(7-9)15-3/h4-7H,8H2,1-3H3,(H,13,14). The number of thioether (sulfide) groups is 2. The van der Waals surface area contributed by atoms with E-state index in [1.165, 1.54) is 4.90 Å². The maximum Gasteiger partial charge on any atom is 0.161 e. The normalized spacial score (nSPS) is 18.3. The third-order valence-corrected chi connectivity index (χ3v) is 4.33. The van der Waals surface area contributed by atoms with E-state index in [0.717, 1.165) is 16.6 Å². The summed E-state index contributed by atoms with van der Waals surface area (Å²) in [6.45, 7) is 4.32. The molecule has 2 rings (SSSR count). The van der Waals surface area contributed by atoms with Gasteiger partial charge in [0.05, 0.1) is 5.54 Å². The first-order valence-corrected chi connectivity index (χ1v) is 7.44. The fraction of sp³-hybridized carbons (Fsp3) is 0.417. The Bertz CT molecular complexity index is 413. The van der Waals surface area contributed by atoms with Gasteiger partial charge in [-0.05, 0) is 38.3 Å². The number of anilines is 1. The molecule has 16 heavy (non-hydrogen) atoms. The van der Waals surface area contributed by atoms with E-state index in [9.17, 15) is 0 Å². The minimum atomic E-state index is 0.0735. The number of nitrogens with zero attached hydrogens (tertiary/aromatic N) is 1. The van der Waals surface area contributed by atoms with E-state index in [2.05, 4.69) is 54.7 Å². The lowest BCUT2D eigenvalue weighted by Crippen LogP contribution is -2.15. The monoisotopic (exact) mass is 252 g/mol. The van der Waals surface area contributed by atoms with Gasteiger partial charge in [0.2, 0.25) is 0 Å². The van der Waals surface area contributed by atoms with Gasteiger partial charge in [0.25, 0.3) is 0 Å². The number of amidine groups is 1. The number of benzene rings is 1. The molecule has 0 bridgehead atoms. The number of hydrogen-bond donors (Lipinski definition) is 1. The highest BCUT2D eigenvalue weighted by atomic mass is 32.2. The maximum atomic E-state index is 4.63. The molecule has 1 aliphatic rings. The third kappa shape index (κ3) is 2.95. The van der Waals surface area contributed by atoms with E-state index < -0.39 is 0 Å². The van der Waals surface area contributed by atoms with Crippen LogP contribution >= 0.6 is 23.5 Å². The Morgan fingerprint density at radius 2 is 2.25 bits per heavy atom. The van der Waals surface area contributed by atoms with Gasteiger partial charge in [-0.25, -0.2) is 0 Å². The molecular weight excluding hydrogens is 236 g/mol. The van der Waals surface area contributed by atoms with Crippen molar-refractivity contribution < 1.29 is 0 Å². The van der Waals surface area contributed by atoms with Crippen molar-refractivity contribution in [1.82, 2.24) is 0 Å². The Kier molecular flexibility index (Phi) is 3.50. The molecule has 0 amide bonds. The summed E-state index contributed by atoms with van der Waals surface area (Å²) in [4.78, 5) is 5.90. The number of aliphatic imine (C=N–C) groups is 1. The Morgan fingerprint density at radius 3 is 2.88 bits per heavy atom. The van der Waals surface area contributed by atoms with Gasteiger partial charge >= 0.3 is 0 Å². The number of hydrogen-bond acceptors (Lipinski definition) is 4. The van der Waals surface area contributed by atoms with Crippen LogP contribution in [-0.2, 0) is 0 Å². The molecule has 0 radical (unpaired) electrons. The maximum absolute atomic E-state index is 4.63. The van der Waals surface area contributed by atoms with Gasteiger partial charge in [-0.1, -0.05) is 17.8 Å². The molecule has 1 aromatic carbocycles. The molecule has 0 unspecified atom stereocenters. The third-order valence-electron chi connectivity index (χ3n) is 2.29. The zero-order valence-electron chi connectivity index (χ0n) is 9.78. The summed E-state index contributed by atoms with van der Waals surface area (Å²) in [6.07, 6.45) is 2.09. The summed E-state index contributed by atoms with van der Waals surface area (Å²) < 4.78 is 0. The van der Waals surface area contributed by atoms with Crippen LogP contribution < -0.4 is 5.32 Å². The van der Waals surface area contributed by atoms with Crippen molar-refractivity contribution in [2.75, 3.05) is 17.3 Å². The number of nitrogens with one attached hydrogen (secondary N) is 1. The Morgan fingerprint density at radius 1 is 1.44 bits per heavy atom. The molecule has 1 aliphatic heterocycles. The van der Waals surface area contributed by atoms with Crippen molar-refractivity contribution in [2.45, 2.75) is 24.3 Å². The highest BCUT2D eigenvalue weighted by molar-refractivity contribution is 8.14. The molecule has 0 atom stereocenters. The predicted octanol–water partition coefficient (Wildman–Crippen LogP) is 3.70. The molecule has 0 aliphatic carbocycles. The van der Waals surface area contributed by atoms with E-state index >= 15 is 0 Å². The molecule has 1 aromatic rings. The second-order valence-electron chi connectivity index (χ2n) is 4.38. The topological polar surface area (TPSA) is 24.4 Å². The number of rotatable bonds is 2. The zero-order valence-corrected chi connectivity index (χ0v) is 11.4. The average Bonchev–Trinajstić information content (AvgIpc) is 2.58. The van der Waals surface area contributed by atoms with Crippen LogP contribution in [0.1, 0.15) is 13.8 Å². The van der Waals surface area contributed by atoms with E-state index in [1.807, 2.05) is 0 Å². The van der Waals surface area contributed by atoms with E-state index in [4.69, 9.17) is 0 Å². The minimum Gasteiger partial charge on any atom is -0.335 e. The highest BCUT2D eigenvalue weighted by Gasteiger charge is 2.25. The van der Waals surface area contributed by atoms with Crippen LogP contribution in [0.3, 0.4) is 0 Å². The van der Waals surface area contributed by atoms with Gasteiger partial charge in [0, 0.05) is 16.3 Å². The van der Waals surface area contributed by atoms with Crippen LogP contribution in [-0.4, -0.2) is 22.7 Å². The van der Waals surface area contributed by atoms with E-state index in [1.54, 1.807) is 23.5 Å². The lowest BCUT2D eigenvalue weighted by atomic mass is 10.1. The van der Waals surface area contributed by atoms with Crippen LogP contribution in [0.5, 0.6) is 0 Å². The molecule has 1 N–H and O–H groups in total. The Balaban J connectivity index is 2.10. The van der Waals surface area contributed by atoms with Crippen LogP contribution in [0.25, 0.3) is 0 Å². The van der Waals surface area contributed by atoms with Crippen molar-refractivity contribution in [3.05, 3.63) is 24.3 Å². The summed E-state index contributed by atoms with van der Waals surface area (Å²) in [6, 6.07) is 8.41. The van der Waals surface area contributed by atoms with Gasteiger partial charge < -0.3 is 5.32 Å². The first-order chi connectivity index (χ1) is 7.59. The molecule has 2 nitrogen and oxygen atoms in total. The fourth-order valence-electron chi connectivity index (χ4n) is 1.47. The van der Waals surface area contributed by atoms with Gasteiger partial charge in [-0.2, -0.15) is 0 Å². The van der Waals surface area contributed by atoms with Crippen molar-refractivity contribution in [3.8, 4) is 0 Å². The molecule has 86 valence electrons. The van der Waals surface area contributed by atoms with Crippen molar-refractivity contribution in [3.63, 3.8) is 0 Å². The van der Waals surface area contributed by atoms with Crippen molar-refractivity contribution >= 4 is 34.4 Å². The highest BCUT2D eigenvalue weighted by Crippen LogP contribution is 2.28. The zero-order chi connectivity index (χ0) is 11.6. The molecule has 1 heterocycles. The second-order valence-corrected chi connectivity index (χ2v) is 6.22. The Labute approximate surface area is 105 Å². The molecule has 0 aromatic heterocycles. The lowest BCUT2D eigenvalue weighted by molar-refractivity contribution is 0.605. The molecule has 4 heteroatoms. The first kappa shape index (κ1) is 11.9. The van der Waals surface area contributed by atoms with Crippen molar-refractivity contribution in [1.29, 1.82) is 0 Å². The average molecular weight is 252 g/mol. The van der Waals surface area contributed by atoms with Crippen LogP contribution in [0.2, 0.25) is 0 Å². The van der Waals surface area contributed by atoms with Crippen LogP contribution in [0.15, 0.2) is 34.2 Å². The summed E-state index contributed by atoms with van der Waals surface area (Å²) in [7, 11) is 0. The minimum absolute atomic E-state index is 0.0735. The predicted molar refractivity (Wildman–Crippen MR) is 75.8 cm³/mol. The molecule has 0 spiro atoms. The second kappa shape index (κ2) is 4.72. The van der Waals surface area contributed by atoms with Crippen LogP contribution in [0.4, 0.5) is 5.69 Å². The van der Waals surface area contributed by atoms with Gasteiger partial charge in [-0.3, -0.25) is 4.99 Å². The molecular formula is C12H16N2S2. The lowest BCUT2D eigenvalue weighted by Gasteiger charge is -2.09. The summed E-state index contributed by atoms with van der Waals surface area (Å²) in [5.41, 5.74) is 1.19. The van der Waals surface area contributed by atoms with Gasteiger partial charge in [0.1, 0.15) is 0 Å². The smallest absolute Gasteiger partial charge is 0.161 e. The quantitative estimate of drug-likeness (QED) is 0.812. The first-order valence-electron chi connectivity index (χ1n) is 5.23. The summed E-state index contributed by atoms with van der Waals surface area (Å²) in [5, 5.41) is 4.40. The summed E-state index contributed by atoms with van der Waals surface area (Å²) >= 11 is 3.54. The SMILES string of the molecule is CSc1cccc(NC2=NC(C)(C)CS2)c1. The molecule has 0 saturated carbocycles. The van der Waals surface area contributed by atoms with Gasteiger partial charge in [-0.15, -0.1) is 11.8 Å². The fourth-order valence-corrected chi connectivity index (χ4v) is 2.99. The van der Waals surface area contributed by atoms with Crippen molar-refractivity contribution in [2.24, 2.45) is 4.99 Å². The molecule has 0 fully saturated rings. The molecule has 0 saturated heterocycles. The van der Waals surface area contributed by atoms with Gasteiger partial charge in [0.15, 0.2) is 5.17 Å². The van der Waals surface area contributed by atoms with E-state index in [0.29, 0.717) is 0 Å².